The van der Waals surface area contributed by atoms with Gasteiger partial charge in [-0.2, -0.15) is 5.11 Å². The lowest BCUT2D eigenvalue weighted by molar-refractivity contribution is 0.418. The number of hydrogen-bond acceptors (Lipinski definition) is 3. The highest BCUT2D eigenvalue weighted by Crippen LogP contribution is 2.39. The first-order chi connectivity index (χ1) is 11.2. The minimum absolute atomic E-state index is 0.164. The number of unbranched alkanes of at least 4 members (excludes halogenated alkanes) is 1. The number of aromatic hydroxyl groups is 1. The number of benzene rings is 2. The van der Waals surface area contributed by atoms with Gasteiger partial charge in [-0.25, -0.2) is 0 Å². The molecule has 0 fully saturated rings. The fourth-order valence-electron chi connectivity index (χ4n) is 2.53. The van der Waals surface area contributed by atoms with E-state index in [9.17, 15) is 5.11 Å². The summed E-state index contributed by atoms with van der Waals surface area (Å²) < 4.78 is 1.90. The summed E-state index contributed by atoms with van der Waals surface area (Å²) in [6.07, 6.45) is 2.06. The van der Waals surface area contributed by atoms with Crippen molar-refractivity contribution in [2.24, 2.45) is 10.2 Å². The highest BCUT2D eigenvalue weighted by atomic mass is 35.5. The van der Waals surface area contributed by atoms with E-state index in [1.807, 2.05) is 28.8 Å². The van der Waals surface area contributed by atoms with Crippen LogP contribution in [-0.4, -0.2) is 9.67 Å². The van der Waals surface area contributed by atoms with Gasteiger partial charge in [0.25, 0.3) is 0 Å². The summed E-state index contributed by atoms with van der Waals surface area (Å²) in [5.74, 6) is 0.164. The minimum Gasteiger partial charge on any atom is -0.493 e. The van der Waals surface area contributed by atoms with Gasteiger partial charge in [0.15, 0.2) is 5.69 Å². The normalized spacial score (nSPS) is 11.6. The summed E-state index contributed by atoms with van der Waals surface area (Å²) in [5.41, 5.74) is 2.18. The number of fused-ring (bicyclic) bond motifs is 1. The molecule has 0 aliphatic heterocycles. The van der Waals surface area contributed by atoms with Gasteiger partial charge in [0, 0.05) is 17.0 Å². The molecular formula is C18H18ClN3O. The highest BCUT2D eigenvalue weighted by Gasteiger charge is 2.15. The lowest BCUT2D eigenvalue weighted by atomic mass is 10.2. The van der Waals surface area contributed by atoms with Gasteiger partial charge < -0.3 is 9.67 Å². The van der Waals surface area contributed by atoms with Gasteiger partial charge in [-0.15, -0.1) is 5.11 Å². The molecular weight excluding hydrogens is 310 g/mol. The minimum atomic E-state index is 0.164. The number of aromatic nitrogens is 1. The molecule has 5 heteroatoms. The van der Waals surface area contributed by atoms with Gasteiger partial charge >= 0.3 is 0 Å². The average molecular weight is 328 g/mol. The number of hydrogen-bond donors (Lipinski definition) is 1. The summed E-state index contributed by atoms with van der Waals surface area (Å²) in [6, 6.07) is 15.0. The predicted molar refractivity (Wildman–Crippen MR) is 94.1 cm³/mol. The Balaban J connectivity index is 2.03. The van der Waals surface area contributed by atoms with Crippen LogP contribution in [-0.2, 0) is 6.54 Å². The van der Waals surface area contributed by atoms with E-state index in [1.165, 1.54) is 0 Å². The van der Waals surface area contributed by atoms with Crippen molar-refractivity contribution in [3.63, 3.8) is 0 Å². The number of nitrogens with zero attached hydrogens (tertiary/aromatic N) is 3. The molecule has 0 amide bonds. The van der Waals surface area contributed by atoms with Crippen LogP contribution in [0.2, 0.25) is 5.02 Å². The topological polar surface area (TPSA) is 49.9 Å². The molecule has 0 aliphatic carbocycles. The molecule has 3 rings (SSSR count). The smallest absolute Gasteiger partial charge is 0.220 e. The molecule has 0 spiro atoms. The van der Waals surface area contributed by atoms with Gasteiger partial charge in [0.1, 0.15) is 0 Å². The molecule has 1 heterocycles. The Morgan fingerprint density at radius 3 is 2.52 bits per heavy atom. The van der Waals surface area contributed by atoms with E-state index in [-0.39, 0.29) is 5.88 Å². The molecule has 3 aromatic rings. The van der Waals surface area contributed by atoms with E-state index in [1.54, 1.807) is 24.3 Å². The molecule has 23 heavy (non-hydrogen) atoms. The van der Waals surface area contributed by atoms with Crippen LogP contribution in [0.15, 0.2) is 58.8 Å². The molecule has 0 atom stereocenters. The first-order valence-electron chi connectivity index (χ1n) is 7.68. The fraction of sp³-hybridized carbons (Fsp3) is 0.222. The van der Waals surface area contributed by atoms with Crippen LogP contribution in [0.5, 0.6) is 5.88 Å². The van der Waals surface area contributed by atoms with E-state index < -0.39 is 0 Å². The third-order valence-corrected chi connectivity index (χ3v) is 4.00. The van der Waals surface area contributed by atoms with Crippen LogP contribution in [0.25, 0.3) is 10.9 Å². The van der Waals surface area contributed by atoms with Crippen LogP contribution in [0.4, 0.5) is 11.4 Å². The van der Waals surface area contributed by atoms with Gasteiger partial charge in [-0.1, -0.05) is 43.1 Å². The maximum absolute atomic E-state index is 10.5. The van der Waals surface area contributed by atoms with E-state index >= 15 is 0 Å². The van der Waals surface area contributed by atoms with Crippen LogP contribution in [0, 0.1) is 0 Å². The summed E-state index contributed by atoms with van der Waals surface area (Å²) in [7, 11) is 0. The van der Waals surface area contributed by atoms with Crippen molar-refractivity contribution < 1.29 is 5.11 Å². The molecule has 0 bridgehead atoms. The monoisotopic (exact) mass is 327 g/mol. The maximum Gasteiger partial charge on any atom is 0.220 e. The third-order valence-electron chi connectivity index (χ3n) is 3.74. The first-order valence-corrected chi connectivity index (χ1v) is 8.06. The largest absolute Gasteiger partial charge is 0.493 e. The quantitative estimate of drug-likeness (QED) is 0.556. The van der Waals surface area contributed by atoms with Crippen molar-refractivity contribution in [3.05, 3.63) is 53.6 Å². The molecule has 0 saturated carbocycles. The molecule has 1 N–H and O–H groups in total. The Hall–Kier alpha value is -2.33. The van der Waals surface area contributed by atoms with Crippen molar-refractivity contribution in [1.29, 1.82) is 0 Å². The number of para-hydroxylation sites is 1. The lowest BCUT2D eigenvalue weighted by Crippen LogP contribution is -1.96. The third kappa shape index (κ3) is 3.22. The Bertz CT molecular complexity index is 837. The predicted octanol–water partition coefficient (Wildman–Crippen LogP) is 6.22. The Labute approximate surface area is 140 Å². The fourth-order valence-corrected chi connectivity index (χ4v) is 2.65. The van der Waals surface area contributed by atoms with E-state index in [0.29, 0.717) is 16.4 Å². The van der Waals surface area contributed by atoms with Gasteiger partial charge in [0.2, 0.25) is 5.88 Å². The first kappa shape index (κ1) is 15.6. The molecule has 0 aliphatic rings. The van der Waals surface area contributed by atoms with Gasteiger partial charge in [0.05, 0.1) is 11.2 Å². The molecule has 0 radical (unpaired) electrons. The number of azo groups is 1. The lowest BCUT2D eigenvalue weighted by Gasteiger charge is -2.05. The van der Waals surface area contributed by atoms with Crippen LogP contribution < -0.4 is 0 Å². The van der Waals surface area contributed by atoms with Crippen LogP contribution in [0.3, 0.4) is 0 Å². The number of halogens is 1. The second-order valence-corrected chi connectivity index (χ2v) is 5.81. The molecule has 118 valence electrons. The Morgan fingerprint density at radius 2 is 1.78 bits per heavy atom. The van der Waals surface area contributed by atoms with Crippen molar-refractivity contribution >= 4 is 33.9 Å². The van der Waals surface area contributed by atoms with Crippen molar-refractivity contribution in [1.82, 2.24) is 4.57 Å². The van der Waals surface area contributed by atoms with E-state index in [2.05, 4.69) is 17.2 Å². The molecule has 1 aromatic heterocycles. The second kappa shape index (κ2) is 6.84. The average Bonchev–Trinajstić information content (AvgIpc) is 2.84. The SMILES string of the molecule is CCCCn1c(O)c(N=Nc2ccc(Cl)cc2)c2ccccc21. The highest BCUT2D eigenvalue weighted by molar-refractivity contribution is 6.30. The van der Waals surface area contributed by atoms with Gasteiger partial charge in [-0.05, 0) is 36.8 Å². The zero-order valence-corrected chi connectivity index (χ0v) is 13.7. The maximum atomic E-state index is 10.5. The van der Waals surface area contributed by atoms with Crippen LogP contribution >= 0.6 is 11.6 Å². The zero-order valence-electron chi connectivity index (χ0n) is 12.9. The summed E-state index contributed by atoms with van der Waals surface area (Å²) in [5, 5.41) is 20.6. The Morgan fingerprint density at radius 1 is 1.04 bits per heavy atom. The molecule has 0 unspecified atom stereocenters. The standard InChI is InChI=1S/C18H18ClN3O/c1-2-3-12-22-16-7-5-4-6-15(16)17(18(22)23)21-20-14-10-8-13(19)9-11-14/h4-11,23H,2-3,12H2,1H3. The summed E-state index contributed by atoms with van der Waals surface area (Å²) in [4.78, 5) is 0. The number of rotatable bonds is 5. The van der Waals surface area contributed by atoms with Crippen molar-refractivity contribution in [3.8, 4) is 5.88 Å². The zero-order chi connectivity index (χ0) is 16.2. The van der Waals surface area contributed by atoms with Crippen molar-refractivity contribution in [2.45, 2.75) is 26.3 Å². The van der Waals surface area contributed by atoms with E-state index in [0.717, 1.165) is 30.3 Å². The van der Waals surface area contributed by atoms with E-state index in [4.69, 9.17) is 11.6 Å². The summed E-state index contributed by atoms with van der Waals surface area (Å²) in [6.45, 7) is 2.89. The molecule has 4 nitrogen and oxygen atoms in total. The number of aryl methyl sites for hydroxylation is 1. The molecule has 0 saturated heterocycles. The van der Waals surface area contributed by atoms with Gasteiger partial charge in [-0.3, -0.25) is 0 Å². The van der Waals surface area contributed by atoms with Crippen molar-refractivity contribution in [2.75, 3.05) is 0 Å². The second-order valence-electron chi connectivity index (χ2n) is 5.37. The summed E-state index contributed by atoms with van der Waals surface area (Å²) >= 11 is 5.87. The molecule has 2 aromatic carbocycles. The Kier molecular flexibility index (Phi) is 4.63. The van der Waals surface area contributed by atoms with Crippen LogP contribution in [0.1, 0.15) is 19.8 Å².